The van der Waals surface area contributed by atoms with E-state index in [0.29, 0.717) is 17.1 Å². The van der Waals surface area contributed by atoms with Crippen LogP contribution in [0.3, 0.4) is 0 Å². The first kappa shape index (κ1) is 19.3. The molecule has 1 aromatic heterocycles. The van der Waals surface area contributed by atoms with Crippen LogP contribution in [0.1, 0.15) is 12.0 Å². The summed E-state index contributed by atoms with van der Waals surface area (Å²) in [5.74, 6) is 1.68. The summed E-state index contributed by atoms with van der Waals surface area (Å²) in [5, 5.41) is 1.34. The number of aromatic nitrogens is 2. The highest BCUT2D eigenvalue weighted by molar-refractivity contribution is 7.99. The minimum absolute atomic E-state index is 0.0394. The fourth-order valence-corrected chi connectivity index (χ4v) is 3.98. The molecule has 0 amide bonds. The summed E-state index contributed by atoms with van der Waals surface area (Å²) in [5.41, 5.74) is 2.68. The molecule has 0 aliphatic carbocycles. The van der Waals surface area contributed by atoms with E-state index in [2.05, 4.69) is 0 Å². The second-order valence-electron chi connectivity index (χ2n) is 6.75. The number of ether oxygens (including phenoxy) is 1. The lowest BCUT2D eigenvalue weighted by molar-refractivity contribution is 0.318. The SMILES string of the molecule is Cc1ccc(-n2c(SCCCOc3ccccc3)nc3ccccc3c2=O)cc1. The van der Waals surface area contributed by atoms with Gasteiger partial charge in [-0.2, -0.15) is 0 Å². The summed E-state index contributed by atoms with van der Waals surface area (Å²) < 4.78 is 7.48. The van der Waals surface area contributed by atoms with Gasteiger partial charge in [0.25, 0.3) is 5.56 Å². The van der Waals surface area contributed by atoms with Gasteiger partial charge >= 0.3 is 0 Å². The average molecular weight is 403 g/mol. The van der Waals surface area contributed by atoms with Gasteiger partial charge in [-0.25, -0.2) is 4.98 Å². The molecule has 4 rings (SSSR count). The van der Waals surface area contributed by atoms with Crippen molar-refractivity contribution in [2.45, 2.75) is 18.5 Å². The Hall–Kier alpha value is -3.05. The van der Waals surface area contributed by atoms with Gasteiger partial charge in [0, 0.05) is 5.75 Å². The lowest BCUT2D eigenvalue weighted by atomic mass is 10.2. The molecule has 0 atom stereocenters. The standard InChI is InChI=1S/C24H22N2O2S/c1-18-12-14-19(15-13-18)26-23(27)21-10-5-6-11-22(21)25-24(26)29-17-7-16-28-20-8-3-2-4-9-20/h2-6,8-15H,7,16-17H2,1H3. The van der Waals surface area contributed by atoms with E-state index < -0.39 is 0 Å². The molecule has 1 heterocycles. The Morgan fingerprint density at radius 3 is 2.45 bits per heavy atom. The minimum atomic E-state index is -0.0394. The van der Waals surface area contributed by atoms with Crippen LogP contribution in [0.15, 0.2) is 88.8 Å². The highest BCUT2D eigenvalue weighted by Crippen LogP contribution is 2.22. The van der Waals surface area contributed by atoms with Crippen LogP contribution in [-0.2, 0) is 0 Å². The van der Waals surface area contributed by atoms with Crippen LogP contribution >= 0.6 is 11.8 Å². The highest BCUT2D eigenvalue weighted by Gasteiger charge is 2.13. The quantitative estimate of drug-likeness (QED) is 0.240. The first-order valence-corrected chi connectivity index (χ1v) is 10.6. The van der Waals surface area contributed by atoms with Crippen LogP contribution in [0.25, 0.3) is 16.6 Å². The van der Waals surface area contributed by atoms with Crippen LogP contribution < -0.4 is 10.3 Å². The van der Waals surface area contributed by atoms with Crippen molar-refractivity contribution in [1.29, 1.82) is 0 Å². The van der Waals surface area contributed by atoms with Gasteiger partial charge in [-0.15, -0.1) is 0 Å². The van der Waals surface area contributed by atoms with Crippen LogP contribution in [0.5, 0.6) is 5.75 Å². The normalized spacial score (nSPS) is 10.9. The molecule has 0 unspecified atom stereocenters. The molecule has 0 saturated carbocycles. The Kier molecular flexibility index (Phi) is 5.96. The number of rotatable bonds is 7. The smallest absolute Gasteiger partial charge is 0.266 e. The predicted octanol–water partition coefficient (Wildman–Crippen LogP) is 5.26. The third kappa shape index (κ3) is 4.51. The molecule has 0 saturated heterocycles. The fourth-order valence-electron chi connectivity index (χ4n) is 3.06. The molecule has 0 radical (unpaired) electrons. The van der Waals surface area contributed by atoms with E-state index in [9.17, 15) is 4.79 Å². The van der Waals surface area contributed by atoms with Crippen LogP contribution in [0.4, 0.5) is 0 Å². The Bertz CT molecular complexity index is 1160. The van der Waals surface area contributed by atoms with E-state index in [1.54, 1.807) is 16.3 Å². The lowest BCUT2D eigenvalue weighted by Gasteiger charge is -2.13. The largest absolute Gasteiger partial charge is 0.494 e. The molecule has 3 aromatic carbocycles. The molecule has 146 valence electrons. The summed E-state index contributed by atoms with van der Waals surface area (Å²) >= 11 is 1.58. The third-order valence-corrected chi connectivity index (χ3v) is 5.59. The number of nitrogens with zero attached hydrogens (tertiary/aromatic N) is 2. The zero-order chi connectivity index (χ0) is 20.1. The number of benzene rings is 3. The van der Waals surface area contributed by atoms with E-state index in [-0.39, 0.29) is 5.56 Å². The van der Waals surface area contributed by atoms with E-state index in [0.717, 1.165) is 34.7 Å². The van der Waals surface area contributed by atoms with E-state index in [1.807, 2.05) is 85.8 Å². The van der Waals surface area contributed by atoms with E-state index in [4.69, 9.17) is 9.72 Å². The monoisotopic (exact) mass is 402 g/mol. The van der Waals surface area contributed by atoms with Gasteiger partial charge in [0.15, 0.2) is 5.16 Å². The number of hydrogen-bond acceptors (Lipinski definition) is 4. The highest BCUT2D eigenvalue weighted by atomic mass is 32.2. The molecule has 0 spiro atoms. The summed E-state index contributed by atoms with van der Waals surface area (Å²) in [7, 11) is 0. The van der Waals surface area contributed by atoms with Crippen LogP contribution in [0, 0.1) is 6.92 Å². The van der Waals surface area contributed by atoms with Gasteiger partial charge in [0.05, 0.1) is 23.2 Å². The molecule has 4 nitrogen and oxygen atoms in total. The molecule has 29 heavy (non-hydrogen) atoms. The Balaban J connectivity index is 1.56. The molecule has 4 aromatic rings. The summed E-state index contributed by atoms with van der Waals surface area (Å²) in [4.78, 5) is 18.0. The first-order valence-electron chi connectivity index (χ1n) is 9.62. The number of hydrogen-bond donors (Lipinski definition) is 0. The van der Waals surface area contributed by atoms with Gasteiger partial charge in [-0.05, 0) is 49.7 Å². The zero-order valence-corrected chi connectivity index (χ0v) is 17.1. The van der Waals surface area contributed by atoms with Crippen molar-refractivity contribution < 1.29 is 4.74 Å². The van der Waals surface area contributed by atoms with Crippen molar-refractivity contribution in [3.05, 3.63) is 94.8 Å². The summed E-state index contributed by atoms with van der Waals surface area (Å²) in [6.45, 7) is 2.66. The molecule has 0 fully saturated rings. The van der Waals surface area contributed by atoms with Gasteiger partial charge in [-0.1, -0.05) is 59.8 Å². The maximum absolute atomic E-state index is 13.2. The fraction of sp³-hybridized carbons (Fsp3) is 0.167. The molecular formula is C24H22N2O2S. The van der Waals surface area contributed by atoms with Crippen LogP contribution in [-0.4, -0.2) is 21.9 Å². The number of thioether (sulfide) groups is 1. The second kappa shape index (κ2) is 8.97. The van der Waals surface area contributed by atoms with Crippen LogP contribution in [0.2, 0.25) is 0 Å². The van der Waals surface area contributed by atoms with Crippen molar-refractivity contribution in [3.63, 3.8) is 0 Å². The van der Waals surface area contributed by atoms with Crippen molar-refractivity contribution in [3.8, 4) is 11.4 Å². The third-order valence-electron chi connectivity index (χ3n) is 4.57. The van der Waals surface area contributed by atoms with Gasteiger partial charge in [-0.3, -0.25) is 9.36 Å². The molecule has 0 aliphatic heterocycles. The zero-order valence-electron chi connectivity index (χ0n) is 16.2. The number of fused-ring (bicyclic) bond motifs is 1. The number of para-hydroxylation sites is 2. The van der Waals surface area contributed by atoms with E-state index in [1.165, 1.54) is 0 Å². The maximum Gasteiger partial charge on any atom is 0.266 e. The molecular weight excluding hydrogens is 380 g/mol. The molecule has 5 heteroatoms. The number of aryl methyl sites for hydroxylation is 1. The molecule has 0 bridgehead atoms. The van der Waals surface area contributed by atoms with Crippen molar-refractivity contribution in [1.82, 2.24) is 9.55 Å². The summed E-state index contributed by atoms with van der Waals surface area (Å²) in [6.07, 6.45) is 0.857. The Labute approximate surface area is 174 Å². The maximum atomic E-state index is 13.2. The Morgan fingerprint density at radius 2 is 1.66 bits per heavy atom. The van der Waals surface area contributed by atoms with Gasteiger partial charge < -0.3 is 4.74 Å². The minimum Gasteiger partial charge on any atom is -0.494 e. The molecule has 0 N–H and O–H groups in total. The van der Waals surface area contributed by atoms with E-state index >= 15 is 0 Å². The molecule has 0 aliphatic rings. The predicted molar refractivity (Wildman–Crippen MR) is 119 cm³/mol. The van der Waals surface area contributed by atoms with Crippen molar-refractivity contribution in [2.75, 3.05) is 12.4 Å². The summed E-state index contributed by atoms with van der Waals surface area (Å²) in [6, 6.07) is 25.3. The van der Waals surface area contributed by atoms with Crippen molar-refractivity contribution >= 4 is 22.7 Å². The lowest BCUT2D eigenvalue weighted by Crippen LogP contribution is -2.21. The van der Waals surface area contributed by atoms with Gasteiger partial charge in [0.1, 0.15) is 5.75 Å². The topological polar surface area (TPSA) is 44.1 Å². The van der Waals surface area contributed by atoms with Crippen molar-refractivity contribution in [2.24, 2.45) is 0 Å². The second-order valence-corrected chi connectivity index (χ2v) is 7.81. The average Bonchev–Trinajstić information content (AvgIpc) is 2.75. The van der Waals surface area contributed by atoms with Gasteiger partial charge in [0.2, 0.25) is 0 Å². The first-order chi connectivity index (χ1) is 14.2. The Morgan fingerprint density at radius 1 is 0.931 bits per heavy atom.